The van der Waals surface area contributed by atoms with Crippen LogP contribution in [0.1, 0.15) is 68.9 Å². The number of H-pyrrole nitrogens is 1. The van der Waals surface area contributed by atoms with Crippen LogP contribution in [0.2, 0.25) is 0 Å². The van der Waals surface area contributed by atoms with E-state index in [2.05, 4.69) is 10.3 Å². The summed E-state index contributed by atoms with van der Waals surface area (Å²) in [7, 11) is 0. The van der Waals surface area contributed by atoms with Gasteiger partial charge in [0.05, 0.1) is 11.1 Å². The Morgan fingerprint density at radius 3 is 2.60 bits per heavy atom. The lowest BCUT2D eigenvalue weighted by Gasteiger charge is -2.19. The third kappa shape index (κ3) is 2.76. The number of anilines is 1. The van der Waals surface area contributed by atoms with Gasteiger partial charge in [-0.1, -0.05) is 0 Å². The minimum Gasteiger partial charge on any atom is -0.366 e. The number of benzene rings is 1. The van der Waals surface area contributed by atoms with Gasteiger partial charge in [0.25, 0.3) is 17.7 Å². The number of carbonyl (C=O) groups is 3. The van der Waals surface area contributed by atoms with Gasteiger partial charge >= 0.3 is 0 Å². The van der Waals surface area contributed by atoms with Crippen LogP contribution in [-0.4, -0.2) is 40.7 Å². The summed E-state index contributed by atoms with van der Waals surface area (Å²) in [5.74, 6) is -0.618. The molecule has 3 heterocycles. The summed E-state index contributed by atoms with van der Waals surface area (Å²) < 4.78 is 0. The van der Waals surface area contributed by atoms with Gasteiger partial charge in [0.15, 0.2) is 0 Å². The Kier molecular flexibility index (Phi) is 4.27. The molecule has 0 atom stereocenters. The molecule has 3 amide bonds. The SMILES string of the molecule is Cc1[nH]c2c(c1C(N)=O)CCC/C2=C1\C(=O)Nc2ccc(C(=O)N3CCCC3)cc21. The first-order valence-corrected chi connectivity index (χ1v) is 10.5. The van der Waals surface area contributed by atoms with Crippen LogP contribution in [0.25, 0.3) is 11.1 Å². The number of allylic oxidation sites excluding steroid dienone is 1. The minimum atomic E-state index is -0.453. The highest BCUT2D eigenvalue weighted by Crippen LogP contribution is 2.43. The molecule has 5 rings (SSSR count). The summed E-state index contributed by atoms with van der Waals surface area (Å²) in [5, 5.41) is 2.93. The Morgan fingerprint density at radius 1 is 1.10 bits per heavy atom. The number of nitrogens with one attached hydrogen (secondary N) is 2. The predicted octanol–water partition coefficient (Wildman–Crippen LogP) is 2.86. The van der Waals surface area contributed by atoms with Crippen molar-refractivity contribution in [3.05, 3.63) is 51.8 Å². The maximum Gasteiger partial charge on any atom is 0.256 e. The zero-order valence-electron chi connectivity index (χ0n) is 16.9. The molecule has 0 unspecified atom stereocenters. The first kappa shape index (κ1) is 18.7. The van der Waals surface area contributed by atoms with E-state index < -0.39 is 5.91 Å². The molecule has 1 aliphatic carbocycles. The number of hydrogen-bond donors (Lipinski definition) is 3. The second-order valence-electron chi connectivity index (χ2n) is 8.26. The molecule has 30 heavy (non-hydrogen) atoms. The Labute approximate surface area is 174 Å². The molecule has 2 aliphatic heterocycles. The van der Waals surface area contributed by atoms with Crippen LogP contribution >= 0.6 is 0 Å². The summed E-state index contributed by atoms with van der Waals surface area (Å²) in [6, 6.07) is 5.42. The number of fused-ring (bicyclic) bond motifs is 2. The molecule has 2 aromatic rings. The number of nitrogens with zero attached hydrogens (tertiary/aromatic N) is 1. The molecule has 1 aromatic carbocycles. The van der Waals surface area contributed by atoms with Gasteiger partial charge in [-0.25, -0.2) is 0 Å². The molecule has 154 valence electrons. The van der Waals surface area contributed by atoms with E-state index in [0.717, 1.165) is 73.3 Å². The largest absolute Gasteiger partial charge is 0.366 e. The maximum atomic E-state index is 12.9. The van der Waals surface area contributed by atoms with E-state index in [4.69, 9.17) is 5.73 Å². The van der Waals surface area contributed by atoms with Gasteiger partial charge in [-0.15, -0.1) is 0 Å². The molecule has 1 aromatic heterocycles. The third-order valence-electron chi connectivity index (χ3n) is 6.40. The number of hydrogen-bond acceptors (Lipinski definition) is 3. The van der Waals surface area contributed by atoms with Crippen LogP contribution < -0.4 is 11.1 Å². The molecule has 0 spiro atoms. The van der Waals surface area contributed by atoms with Crippen molar-refractivity contribution in [1.82, 2.24) is 9.88 Å². The molecule has 3 aliphatic rings. The summed E-state index contributed by atoms with van der Waals surface area (Å²) in [4.78, 5) is 42.9. The number of amides is 3. The van der Waals surface area contributed by atoms with Crippen molar-refractivity contribution in [2.75, 3.05) is 18.4 Å². The van der Waals surface area contributed by atoms with Gasteiger partial charge in [-0.3, -0.25) is 14.4 Å². The van der Waals surface area contributed by atoms with Gasteiger partial charge in [-0.2, -0.15) is 0 Å². The van der Waals surface area contributed by atoms with Crippen LogP contribution in [0.15, 0.2) is 18.2 Å². The Morgan fingerprint density at radius 2 is 1.87 bits per heavy atom. The van der Waals surface area contributed by atoms with Crippen molar-refractivity contribution >= 4 is 34.6 Å². The van der Waals surface area contributed by atoms with E-state index >= 15 is 0 Å². The second kappa shape index (κ2) is 6.86. The van der Waals surface area contributed by atoms with Gasteiger partial charge < -0.3 is 20.9 Å². The van der Waals surface area contributed by atoms with Crippen molar-refractivity contribution in [1.29, 1.82) is 0 Å². The van der Waals surface area contributed by atoms with E-state index in [-0.39, 0.29) is 11.8 Å². The third-order valence-corrected chi connectivity index (χ3v) is 6.40. The van der Waals surface area contributed by atoms with Gasteiger partial charge in [0.2, 0.25) is 0 Å². The Balaban J connectivity index is 1.64. The van der Waals surface area contributed by atoms with Gasteiger partial charge in [0.1, 0.15) is 0 Å². The predicted molar refractivity (Wildman–Crippen MR) is 114 cm³/mol. The fourth-order valence-corrected chi connectivity index (χ4v) is 5.04. The number of aryl methyl sites for hydroxylation is 1. The number of nitrogens with two attached hydrogens (primary N) is 1. The van der Waals surface area contributed by atoms with Gasteiger partial charge in [0, 0.05) is 41.3 Å². The molecule has 0 radical (unpaired) electrons. The molecule has 0 saturated carbocycles. The zero-order valence-corrected chi connectivity index (χ0v) is 16.9. The van der Waals surface area contributed by atoms with Crippen LogP contribution in [0.5, 0.6) is 0 Å². The van der Waals surface area contributed by atoms with Crippen molar-refractivity contribution < 1.29 is 14.4 Å². The monoisotopic (exact) mass is 404 g/mol. The number of rotatable bonds is 2. The van der Waals surface area contributed by atoms with Crippen LogP contribution in [0.4, 0.5) is 5.69 Å². The van der Waals surface area contributed by atoms with Gasteiger partial charge in [-0.05, 0) is 68.4 Å². The average Bonchev–Trinajstić information content (AvgIpc) is 3.42. The Hall–Kier alpha value is -3.35. The van der Waals surface area contributed by atoms with E-state index in [1.165, 1.54) is 0 Å². The molecule has 7 heteroatoms. The fraction of sp³-hybridized carbons (Fsp3) is 0.348. The number of likely N-dealkylation sites (tertiary alicyclic amines) is 1. The normalized spacial score (nSPS) is 20.2. The lowest BCUT2D eigenvalue weighted by molar-refractivity contribution is -0.110. The molecular formula is C23H24N4O3. The summed E-state index contributed by atoms with van der Waals surface area (Å²) >= 11 is 0. The average molecular weight is 404 g/mol. The number of primary amides is 1. The number of aromatic nitrogens is 1. The molecular weight excluding hydrogens is 380 g/mol. The molecule has 0 bridgehead atoms. The first-order chi connectivity index (χ1) is 14.5. The summed E-state index contributed by atoms with van der Waals surface area (Å²) in [6.45, 7) is 3.39. The highest BCUT2D eigenvalue weighted by Gasteiger charge is 2.33. The van der Waals surface area contributed by atoms with E-state index in [1.807, 2.05) is 24.0 Å². The minimum absolute atomic E-state index is 0.00932. The highest BCUT2D eigenvalue weighted by molar-refractivity contribution is 6.37. The van der Waals surface area contributed by atoms with E-state index in [0.29, 0.717) is 22.4 Å². The van der Waals surface area contributed by atoms with Crippen molar-refractivity contribution in [3.63, 3.8) is 0 Å². The quantitative estimate of drug-likeness (QED) is 0.670. The molecule has 1 saturated heterocycles. The van der Waals surface area contributed by atoms with E-state index in [9.17, 15) is 14.4 Å². The lowest BCUT2D eigenvalue weighted by Crippen LogP contribution is -2.27. The maximum absolute atomic E-state index is 12.9. The van der Waals surface area contributed by atoms with Crippen LogP contribution in [0, 0.1) is 6.92 Å². The zero-order chi connectivity index (χ0) is 21.0. The topological polar surface area (TPSA) is 108 Å². The molecule has 7 nitrogen and oxygen atoms in total. The second-order valence-corrected chi connectivity index (χ2v) is 8.26. The van der Waals surface area contributed by atoms with E-state index in [1.54, 1.807) is 6.07 Å². The van der Waals surface area contributed by atoms with Crippen molar-refractivity contribution in [3.8, 4) is 0 Å². The number of carbonyl (C=O) groups excluding carboxylic acids is 3. The standard InChI is InChI=1S/C23H24N4O3/c1-12-18(21(24)28)14-5-4-6-15(20(14)25-12)19-16-11-13(7-8-17(16)26-22(19)29)23(30)27-9-2-3-10-27/h7-8,11,25H,2-6,9-10H2,1H3,(H2,24,28)(H,26,29)/b19-15+. The first-order valence-electron chi connectivity index (χ1n) is 10.5. The smallest absolute Gasteiger partial charge is 0.256 e. The van der Waals surface area contributed by atoms with Crippen molar-refractivity contribution in [2.45, 2.75) is 39.0 Å². The van der Waals surface area contributed by atoms with Crippen molar-refractivity contribution in [2.24, 2.45) is 5.73 Å². The fourth-order valence-electron chi connectivity index (χ4n) is 5.04. The summed E-state index contributed by atoms with van der Waals surface area (Å²) in [5.41, 5.74) is 12.1. The molecule has 4 N–H and O–H groups in total. The Bertz CT molecular complexity index is 1140. The summed E-state index contributed by atoms with van der Waals surface area (Å²) in [6.07, 6.45) is 4.36. The lowest BCUT2D eigenvalue weighted by atomic mass is 9.85. The molecule has 1 fully saturated rings. The van der Waals surface area contributed by atoms with Crippen LogP contribution in [0.3, 0.4) is 0 Å². The number of aromatic amines is 1. The van der Waals surface area contributed by atoms with Crippen LogP contribution in [-0.2, 0) is 11.2 Å². The highest BCUT2D eigenvalue weighted by atomic mass is 16.2.